The van der Waals surface area contributed by atoms with Gasteiger partial charge in [-0.1, -0.05) is 0 Å². The largest absolute Gasteiger partial charge is 0.401 e. The first kappa shape index (κ1) is 9.80. The van der Waals surface area contributed by atoms with E-state index in [1.54, 1.807) is 0 Å². The Labute approximate surface area is 69.7 Å². The molecule has 0 radical (unpaired) electrons. The highest BCUT2D eigenvalue weighted by atomic mass is 19.4. The highest BCUT2D eigenvalue weighted by Gasteiger charge is 2.30. The standard InChI is InChI=1S/C7H13F3N2/c1-12(5-7(8,9)10)4-6-2-11-3-6/h6,11H,2-5H2,1H3. The van der Waals surface area contributed by atoms with Gasteiger partial charge in [0.2, 0.25) is 0 Å². The Bertz CT molecular complexity index is 142. The van der Waals surface area contributed by atoms with Gasteiger partial charge in [0.1, 0.15) is 0 Å². The summed E-state index contributed by atoms with van der Waals surface area (Å²) < 4.78 is 35.5. The van der Waals surface area contributed by atoms with Crippen molar-refractivity contribution in [3.05, 3.63) is 0 Å². The zero-order valence-corrected chi connectivity index (χ0v) is 6.99. The minimum Gasteiger partial charge on any atom is -0.316 e. The fraction of sp³-hybridized carbons (Fsp3) is 1.00. The molecule has 0 unspecified atom stereocenters. The summed E-state index contributed by atoms with van der Waals surface area (Å²) >= 11 is 0. The third kappa shape index (κ3) is 3.40. The molecule has 1 rings (SSSR count). The van der Waals surface area contributed by atoms with Crippen molar-refractivity contribution >= 4 is 0 Å². The normalized spacial score (nSPS) is 19.8. The van der Waals surface area contributed by atoms with E-state index < -0.39 is 12.7 Å². The number of halogens is 3. The van der Waals surface area contributed by atoms with E-state index in [0.717, 1.165) is 13.1 Å². The molecule has 0 saturated carbocycles. The van der Waals surface area contributed by atoms with E-state index in [2.05, 4.69) is 5.32 Å². The van der Waals surface area contributed by atoms with Gasteiger partial charge < -0.3 is 5.32 Å². The van der Waals surface area contributed by atoms with Crippen molar-refractivity contribution in [3.8, 4) is 0 Å². The lowest BCUT2D eigenvalue weighted by Crippen LogP contribution is -2.48. The van der Waals surface area contributed by atoms with Gasteiger partial charge >= 0.3 is 6.18 Å². The SMILES string of the molecule is CN(CC1CNC1)CC(F)(F)F. The Balaban J connectivity index is 2.14. The van der Waals surface area contributed by atoms with Gasteiger partial charge in [0, 0.05) is 19.6 Å². The van der Waals surface area contributed by atoms with E-state index in [4.69, 9.17) is 0 Å². The van der Waals surface area contributed by atoms with E-state index in [9.17, 15) is 13.2 Å². The van der Waals surface area contributed by atoms with Crippen molar-refractivity contribution in [3.63, 3.8) is 0 Å². The molecule has 12 heavy (non-hydrogen) atoms. The van der Waals surface area contributed by atoms with Crippen molar-refractivity contribution in [2.75, 3.05) is 33.2 Å². The summed E-state index contributed by atoms with van der Waals surface area (Å²) in [4.78, 5) is 1.32. The highest BCUT2D eigenvalue weighted by Crippen LogP contribution is 2.16. The Morgan fingerprint density at radius 2 is 2.00 bits per heavy atom. The zero-order chi connectivity index (χ0) is 9.19. The average Bonchev–Trinajstić information content (AvgIpc) is 1.74. The third-order valence-corrected chi connectivity index (χ3v) is 1.89. The van der Waals surface area contributed by atoms with Crippen LogP contribution in [0.1, 0.15) is 0 Å². The molecule has 2 nitrogen and oxygen atoms in total. The number of nitrogens with one attached hydrogen (secondary N) is 1. The second-order valence-electron chi connectivity index (χ2n) is 3.34. The summed E-state index contributed by atoms with van der Waals surface area (Å²) in [5, 5.41) is 3.02. The van der Waals surface area contributed by atoms with Gasteiger partial charge in [-0.15, -0.1) is 0 Å². The van der Waals surface area contributed by atoms with Crippen LogP contribution in [-0.2, 0) is 0 Å². The van der Waals surface area contributed by atoms with Gasteiger partial charge in [-0.05, 0) is 13.0 Å². The number of hydrogen-bond acceptors (Lipinski definition) is 2. The Hall–Kier alpha value is -0.290. The zero-order valence-electron chi connectivity index (χ0n) is 6.99. The van der Waals surface area contributed by atoms with E-state index >= 15 is 0 Å². The lowest BCUT2D eigenvalue weighted by Gasteiger charge is -2.31. The van der Waals surface area contributed by atoms with Crippen molar-refractivity contribution in [2.24, 2.45) is 5.92 Å². The lowest BCUT2D eigenvalue weighted by molar-refractivity contribution is -0.144. The van der Waals surface area contributed by atoms with Crippen LogP contribution >= 0.6 is 0 Å². The molecule has 0 bridgehead atoms. The van der Waals surface area contributed by atoms with E-state index in [-0.39, 0.29) is 0 Å². The summed E-state index contributed by atoms with van der Waals surface area (Å²) in [6, 6.07) is 0. The van der Waals surface area contributed by atoms with Crippen molar-refractivity contribution in [1.29, 1.82) is 0 Å². The monoisotopic (exact) mass is 182 g/mol. The molecule has 1 N–H and O–H groups in total. The predicted molar refractivity (Wildman–Crippen MR) is 39.9 cm³/mol. The summed E-state index contributed by atoms with van der Waals surface area (Å²) in [5.74, 6) is 0.400. The molecule has 0 aromatic heterocycles. The van der Waals surface area contributed by atoms with Crippen LogP contribution in [0, 0.1) is 5.92 Å². The van der Waals surface area contributed by atoms with Crippen LogP contribution < -0.4 is 5.32 Å². The first-order chi connectivity index (χ1) is 5.47. The third-order valence-electron chi connectivity index (χ3n) is 1.89. The van der Waals surface area contributed by atoms with Crippen LogP contribution in [0.5, 0.6) is 0 Å². The topological polar surface area (TPSA) is 15.3 Å². The quantitative estimate of drug-likeness (QED) is 0.691. The molecule has 1 heterocycles. The van der Waals surface area contributed by atoms with Crippen molar-refractivity contribution in [1.82, 2.24) is 10.2 Å². The number of rotatable bonds is 3. The molecular weight excluding hydrogens is 169 g/mol. The Morgan fingerprint density at radius 1 is 1.42 bits per heavy atom. The van der Waals surface area contributed by atoms with Gasteiger partial charge in [-0.2, -0.15) is 13.2 Å². The molecule has 0 aromatic carbocycles. The van der Waals surface area contributed by atoms with E-state index in [0.29, 0.717) is 12.5 Å². The van der Waals surface area contributed by atoms with Crippen LogP contribution in [-0.4, -0.2) is 44.3 Å². The Kier molecular flexibility index (Phi) is 2.95. The van der Waals surface area contributed by atoms with Gasteiger partial charge in [-0.25, -0.2) is 0 Å². The molecule has 1 saturated heterocycles. The summed E-state index contributed by atoms with van der Waals surface area (Å²) in [5.41, 5.74) is 0. The average molecular weight is 182 g/mol. The maximum absolute atomic E-state index is 11.8. The van der Waals surface area contributed by atoms with Crippen molar-refractivity contribution < 1.29 is 13.2 Å². The molecule has 1 aliphatic rings. The minimum absolute atomic E-state index is 0.400. The number of alkyl halides is 3. The summed E-state index contributed by atoms with van der Waals surface area (Å²) in [6.07, 6.45) is -4.06. The first-order valence-electron chi connectivity index (χ1n) is 3.93. The van der Waals surface area contributed by atoms with Crippen LogP contribution in [0.2, 0.25) is 0 Å². The van der Waals surface area contributed by atoms with Crippen LogP contribution in [0.15, 0.2) is 0 Å². The molecule has 72 valence electrons. The van der Waals surface area contributed by atoms with Crippen molar-refractivity contribution in [2.45, 2.75) is 6.18 Å². The number of nitrogens with zero attached hydrogens (tertiary/aromatic N) is 1. The molecule has 0 amide bonds. The predicted octanol–water partition coefficient (Wildman–Crippen LogP) is 0.700. The molecule has 1 fully saturated rings. The number of hydrogen-bond donors (Lipinski definition) is 1. The first-order valence-corrected chi connectivity index (χ1v) is 3.93. The smallest absolute Gasteiger partial charge is 0.316 e. The summed E-state index contributed by atoms with van der Waals surface area (Å²) in [7, 11) is 1.51. The van der Waals surface area contributed by atoms with Gasteiger partial charge in [0.05, 0.1) is 6.54 Å². The molecule has 1 aliphatic heterocycles. The maximum Gasteiger partial charge on any atom is 0.401 e. The fourth-order valence-electron chi connectivity index (χ4n) is 1.29. The minimum atomic E-state index is -4.06. The molecule has 0 spiro atoms. The lowest BCUT2D eigenvalue weighted by atomic mass is 10.0. The van der Waals surface area contributed by atoms with Crippen LogP contribution in [0.25, 0.3) is 0 Å². The second kappa shape index (κ2) is 3.62. The van der Waals surface area contributed by atoms with Crippen LogP contribution in [0.4, 0.5) is 13.2 Å². The van der Waals surface area contributed by atoms with Gasteiger partial charge in [0.25, 0.3) is 0 Å². The molecule has 0 atom stereocenters. The Morgan fingerprint density at radius 3 is 2.33 bits per heavy atom. The van der Waals surface area contributed by atoms with Gasteiger partial charge in [-0.3, -0.25) is 4.90 Å². The van der Waals surface area contributed by atoms with Crippen LogP contribution in [0.3, 0.4) is 0 Å². The molecule has 0 aromatic rings. The molecule has 5 heteroatoms. The van der Waals surface area contributed by atoms with Gasteiger partial charge in [0.15, 0.2) is 0 Å². The second-order valence-corrected chi connectivity index (χ2v) is 3.34. The van der Waals surface area contributed by atoms with E-state index in [1.807, 2.05) is 0 Å². The highest BCUT2D eigenvalue weighted by molar-refractivity contribution is 4.77. The fourth-order valence-corrected chi connectivity index (χ4v) is 1.29. The van der Waals surface area contributed by atoms with E-state index in [1.165, 1.54) is 11.9 Å². The molecule has 0 aliphatic carbocycles. The maximum atomic E-state index is 11.8. The summed E-state index contributed by atoms with van der Waals surface area (Å²) in [6.45, 7) is 1.43. The molecular formula is C7H13F3N2.